The van der Waals surface area contributed by atoms with Crippen LogP contribution in [-0.4, -0.2) is 51.5 Å². The van der Waals surface area contributed by atoms with Crippen LogP contribution in [0.4, 0.5) is 5.13 Å². The molecule has 0 radical (unpaired) electrons. The van der Waals surface area contributed by atoms with Crippen molar-refractivity contribution >= 4 is 32.6 Å². The molecule has 0 bridgehead atoms. The van der Waals surface area contributed by atoms with E-state index in [2.05, 4.69) is 0 Å². The molecule has 158 valence electrons. The number of methoxy groups -OCH3 is 3. The van der Waals surface area contributed by atoms with Gasteiger partial charge in [0.1, 0.15) is 17.2 Å². The topological polar surface area (TPSA) is 70.1 Å². The maximum Gasteiger partial charge on any atom is 0.264 e. The van der Waals surface area contributed by atoms with E-state index in [1.165, 1.54) is 11.3 Å². The van der Waals surface area contributed by atoms with Crippen molar-refractivity contribution in [2.24, 2.45) is 0 Å². The van der Waals surface area contributed by atoms with E-state index >= 15 is 0 Å². The van der Waals surface area contributed by atoms with Crippen LogP contribution in [0.5, 0.6) is 17.2 Å². The van der Waals surface area contributed by atoms with Gasteiger partial charge in [-0.15, -0.1) is 0 Å². The summed E-state index contributed by atoms with van der Waals surface area (Å²) in [4.78, 5) is 20.1. The molecule has 7 nitrogen and oxygen atoms in total. The first-order valence-electron chi connectivity index (χ1n) is 9.73. The molecule has 1 saturated heterocycles. The minimum atomic E-state index is -0.202. The van der Waals surface area contributed by atoms with E-state index in [9.17, 15) is 4.79 Å². The zero-order chi connectivity index (χ0) is 21.1. The van der Waals surface area contributed by atoms with Crippen LogP contribution in [-0.2, 0) is 4.74 Å². The number of aromatic nitrogens is 1. The van der Waals surface area contributed by atoms with Crippen LogP contribution in [0.2, 0.25) is 0 Å². The summed E-state index contributed by atoms with van der Waals surface area (Å²) in [6, 6.07) is 10.9. The molecule has 0 N–H and O–H groups in total. The summed E-state index contributed by atoms with van der Waals surface area (Å²) in [6.07, 6.45) is 1.89. The van der Waals surface area contributed by atoms with Crippen molar-refractivity contribution < 1.29 is 23.7 Å². The van der Waals surface area contributed by atoms with Crippen molar-refractivity contribution in [3.63, 3.8) is 0 Å². The van der Waals surface area contributed by atoms with Crippen molar-refractivity contribution in [3.8, 4) is 17.2 Å². The molecule has 0 saturated carbocycles. The van der Waals surface area contributed by atoms with Gasteiger partial charge in [-0.25, -0.2) is 4.98 Å². The first kappa shape index (κ1) is 20.4. The third kappa shape index (κ3) is 4.06. The van der Waals surface area contributed by atoms with E-state index in [1.807, 2.05) is 18.2 Å². The zero-order valence-electron chi connectivity index (χ0n) is 17.2. The summed E-state index contributed by atoms with van der Waals surface area (Å²) in [5.41, 5.74) is 1.21. The van der Waals surface area contributed by atoms with E-state index in [0.29, 0.717) is 35.3 Å². The lowest BCUT2D eigenvalue weighted by Gasteiger charge is -2.24. The number of carbonyl (C=O) groups excluding carboxylic acids is 1. The number of hydrogen-bond acceptors (Lipinski definition) is 7. The van der Waals surface area contributed by atoms with Gasteiger partial charge in [0, 0.05) is 12.7 Å². The Kier molecular flexibility index (Phi) is 6.06. The highest BCUT2D eigenvalue weighted by Crippen LogP contribution is 2.34. The molecule has 2 aromatic carbocycles. The second-order valence-corrected chi connectivity index (χ2v) is 7.96. The molecule has 1 aliphatic heterocycles. The van der Waals surface area contributed by atoms with Crippen LogP contribution < -0.4 is 19.1 Å². The van der Waals surface area contributed by atoms with Crippen molar-refractivity contribution in [2.45, 2.75) is 18.9 Å². The van der Waals surface area contributed by atoms with Gasteiger partial charge in [-0.2, -0.15) is 0 Å². The van der Waals surface area contributed by atoms with Gasteiger partial charge in [-0.05, 0) is 43.2 Å². The highest BCUT2D eigenvalue weighted by molar-refractivity contribution is 7.22. The average molecular weight is 429 g/mol. The molecular formula is C22H24N2O5S. The minimum Gasteiger partial charge on any atom is -0.497 e. The maximum atomic E-state index is 13.7. The van der Waals surface area contributed by atoms with Crippen LogP contribution in [0.1, 0.15) is 23.2 Å². The van der Waals surface area contributed by atoms with Gasteiger partial charge in [0.15, 0.2) is 5.13 Å². The Labute approximate surface area is 179 Å². The van der Waals surface area contributed by atoms with Gasteiger partial charge in [-0.3, -0.25) is 9.69 Å². The number of thiazole rings is 1. The SMILES string of the molecule is COc1ccc(OC)c(C(=O)N(CC2CCCO2)c2nc3cc(OC)ccc3s2)c1. The highest BCUT2D eigenvalue weighted by Gasteiger charge is 2.29. The largest absolute Gasteiger partial charge is 0.497 e. The number of carbonyl (C=O) groups is 1. The van der Waals surface area contributed by atoms with Gasteiger partial charge in [0.05, 0.1) is 49.8 Å². The number of amides is 1. The lowest BCUT2D eigenvalue weighted by atomic mass is 10.1. The third-order valence-electron chi connectivity index (χ3n) is 5.11. The molecule has 0 aliphatic carbocycles. The van der Waals surface area contributed by atoms with E-state index in [4.69, 9.17) is 23.9 Å². The standard InChI is InChI=1S/C22H24N2O5S/c1-26-14-6-8-19(28-3)17(11-14)21(25)24(13-16-5-4-10-29-16)22-23-18-12-15(27-2)7-9-20(18)30-22/h6-9,11-12,16H,4-5,10,13H2,1-3H3. The lowest BCUT2D eigenvalue weighted by molar-refractivity contribution is 0.0914. The molecule has 1 aromatic heterocycles. The van der Waals surface area contributed by atoms with Crippen molar-refractivity contribution in [2.75, 3.05) is 39.4 Å². The quantitative estimate of drug-likeness (QED) is 0.563. The van der Waals surface area contributed by atoms with E-state index in [1.54, 1.807) is 44.4 Å². The minimum absolute atomic E-state index is 0.0212. The van der Waals surface area contributed by atoms with Crippen LogP contribution in [0, 0.1) is 0 Å². The first-order valence-corrected chi connectivity index (χ1v) is 10.5. The average Bonchev–Trinajstić information content (AvgIpc) is 3.45. The Bertz CT molecular complexity index is 1050. The maximum absolute atomic E-state index is 13.7. The van der Waals surface area contributed by atoms with Crippen LogP contribution >= 0.6 is 11.3 Å². The van der Waals surface area contributed by atoms with Gasteiger partial charge < -0.3 is 18.9 Å². The Hall–Kier alpha value is -2.84. The first-order chi connectivity index (χ1) is 14.6. The third-order valence-corrected chi connectivity index (χ3v) is 6.17. The molecule has 1 amide bonds. The Morgan fingerprint density at radius 2 is 1.90 bits per heavy atom. The fraction of sp³-hybridized carbons (Fsp3) is 0.364. The van der Waals surface area contributed by atoms with Crippen molar-refractivity contribution in [3.05, 3.63) is 42.0 Å². The zero-order valence-corrected chi connectivity index (χ0v) is 18.0. The Morgan fingerprint density at radius 3 is 2.60 bits per heavy atom. The van der Waals surface area contributed by atoms with E-state index in [-0.39, 0.29) is 12.0 Å². The van der Waals surface area contributed by atoms with Crippen LogP contribution in [0.25, 0.3) is 10.2 Å². The van der Waals surface area contributed by atoms with E-state index < -0.39 is 0 Å². The molecule has 30 heavy (non-hydrogen) atoms. The molecule has 1 aliphatic rings. The van der Waals surface area contributed by atoms with Gasteiger partial charge >= 0.3 is 0 Å². The molecule has 4 rings (SSSR count). The molecule has 0 spiro atoms. The number of nitrogens with zero attached hydrogens (tertiary/aromatic N) is 2. The highest BCUT2D eigenvalue weighted by atomic mass is 32.1. The molecule has 1 atom stereocenters. The molecule has 8 heteroatoms. The monoisotopic (exact) mass is 428 g/mol. The number of benzene rings is 2. The second kappa shape index (κ2) is 8.89. The lowest BCUT2D eigenvalue weighted by Crippen LogP contribution is -2.37. The fourth-order valence-electron chi connectivity index (χ4n) is 3.50. The van der Waals surface area contributed by atoms with Crippen LogP contribution in [0.3, 0.4) is 0 Å². The molecular weight excluding hydrogens is 404 g/mol. The van der Waals surface area contributed by atoms with Crippen molar-refractivity contribution in [1.82, 2.24) is 4.98 Å². The number of anilines is 1. The summed E-state index contributed by atoms with van der Waals surface area (Å²) in [5.74, 6) is 1.60. The van der Waals surface area contributed by atoms with E-state index in [0.717, 1.165) is 28.8 Å². The summed E-state index contributed by atoms with van der Waals surface area (Å²) in [6.45, 7) is 1.14. The van der Waals surface area contributed by atoms with Crippen molar-refractivity contribution in [1.29, 1.82) is 0 Å². The number of rotatable bonds is 7. The molecule has 1 unspecified atom stereocenters. The number of fused-ring (bicyclic) bond motifs is 1. The summed E-state index contributed by atoms with van der Waals surface area (Å²) in [7, 11) is 4.74. The summed E-state index contributed by atoms with van der Waals surface area (Å²) >= 11 is 1.47. The Balaban J connectivity index is 1.75. The van der Waals surface area contributed by atoms with Gasteiger partial charge in [-0.1, -0.05) is 11.3 Å². The number of hydrogen-bond donors (Lipinski definition) is 0. The molecule has 3 aromatic rings. The molecule has 2 heterocycles. The predicted molar refractivity (Wildman–Crippen MR) is 116 cm³/mol. The Morgan fingerprint density at radius 1 is 1.13 bits per heavy atom. The summed E-state index contributed by atoms with van der Waals surface area (Å²) in [5, 5.41) is 0.614. The molecule has 1 fully saturated rings. The second-order valence-electron chi connectivity index (χ2n) is 6.95. The van der Waals surface area contributed by atoms with Gasteiger partial charge in [0.25, 0.3) is 5.91 Å². The predicted octanol–water partition coefficient (Wildman–Crippen LogP) is 4.15. The fourth-order valence-corrected chi connectivity index (χ4v) is 4.46. The van der Waals surface area contributed by atoms with Crippen LogP contribution in [0.15, 0.2) is 36.4 Å². The number of ether oxygens (including phenoxy) is 4. The van der Waals surface area contributed by atoms with Gasteiger partial charge in [0.2, 0.25) is 0 Å². The summed E-state index contributed by atoms with van der Waals surface area (Å²) < 4.78 is 22.9. The smallest absolute Gasteiger partial charge is 0.264 e. The normalized spacial score (nSPS) is 15.9.